The molecule has 0 saturated carbocycles. The van der Waals surface area contributed by atoms with Gasteiger partial charge in [-0.3, -0.25) is 4.79 Å². The predicted octanol–water partition coefficient (Wildman–Crippen LogP) is 3.74. The van der Waals surface area contributed by atoms with E-state index in [0.717, 1.165) is 16.2 Å². The summed E-state index contributed by atoms with van der Waals surface area (Å²) < 4.78 is 0.821. The minimum absolute atomic E-state index is 0.0431. The quantitative estimate of drug-likeness (QED) is 0.825. The van der Waals surface area contributed by atoms with Crippen molar-refractivity contribution < 1.29 is 4.79 Å². The lowest BCUT2D eigenvalue weighted by molar-refractivity contribution is 0.0911. The van der Waals surface area contributed by atoms with Gasteiger partial charge >= 0.3 is 0 Å². The highest BCUT2D eigenvalue weighted by molar-refractivity contribution is 9.10. The molecule has 0 aromatic heterocycles. The van der Waals surface area contributed by atoms with Crippen molar-refractivity contribution in [3.05, 3.63) is 34.3 Å². The van der Waals surface area contributed by atoms with Crippen LogP contribution in [0.5, 0.6) is 0 Å². The molecule has 0 fully saturated rings. The molecule has 16 heavy (non-hydrogen) atoms. The Morgan fingerprint density at radius 2 is 2.00 bits per heavy atom. The monoisotopic (exact) mass is 347 g/mol. The number of benzene rings is 1. The highest BCUT2D eigenvalue weighted by Crippen LogP contribution is 2.18. The maximum atomic E-state index is 12.0. The van der Waals surface area contributed by atoms with Gasteiger partial charge in [0.15, 0.2) is 0 Å². The fraction of sp³-hybridized carbons (Fsp3) is 0.417. The molecule has 0 atom stereocenters. The summed E-state index contributed by atoms with van der Waals surface area (Å²) in [5.41, 5.74) is 0.473. The number of carbonyl (C=O) groups excluding carboxylic acids is 1. The molecule has 88 valence electrons. The van der Waals surface area contributed by atoms with Crippen LogP contribution in [0.3, 0.4) is 0 Å². The third-order valence-corrected chi connectivity index (χ3v) is 3.38. The van der Waals surface area contributed by atoms with Crippen molar-refractivity contribution in [3.63, 3.8) is 0 Å². The molecule has 1 aromatic carbocycles. The van der Waals surface area contributed by atoms with Crippen LogP contribution in [0, 0.1) is 0 Å². The second-order valence-electron chi connectivity index (χ2n) is 4.26. The van der Waals surface area contributed by atoms with Gasteiger partial charge in [0.1, 0.15) is 0 Å². The molecule has 0 aliphatic heterocycles. The van der Waals surface area contributed by atoms with Gasteiger partial charge in [0, 0.05) is 15.3 Å². The van der Waals surface area contributed by atoms with E-state index in [9.17, 15) is 4.79 Å². The van der Waals surface area contributed by atoms with E-state index in [0.29, 0.717) is 5.56 Å². The molecule has 1 N–H and O–H groups in total. The Hall–Kier alpha value is -0.350. The van der Waals surface area contributed by atoms with Gasteiger partial charge in [-0.05, 0) is 48.3 Å². The molecular weight excluding hydrogens is 334 g/mol. The zero-order chi connectivity index (χ0) is 12.2. The molecule has 4 heteroatoms. The smallest absolute Gasteiger partial charge is 0.252 e. The fourth-order valence-corrected chi connectivity index (χ4v) is 2.77. The van der Waals surface area contributed by atoms with Gasteiger partial charge in [-0.1, -0.05) is 28.1 Å². The highest BCUT2D eigenvalue weighted by Gasteiger charge is 2.21. The number of hydrogen-bond donors (Lipinski definition) is 1. The first-order valence-electron chi connectivity index (χ1n) is 5.09. The number of hydrogen-bond acceptors (Lipinski definition) is 1. The van der Waals surface area contributed by atoms with Gasteiger partial charge in [-0.15, -0.1) is 0 Å². The van der Waals surface area contributed by atoms with Crippen molar-refractivity contribution >= 4 is 37.8 Å². The summed E-state index contributed by atoms with van der Waals surface area (Å²) in [6.45, 7) is 4.03. The van der Waals surface area contributed by atoms with E-state index in [1.54, 1.807) is 0 Å². The summed E-state index contributed by atoms with van der Waals surface area (Å²) in [6.07, 6.45) is 0.892. The second kappa shape index (κ2) is 5.82. The van der Waals surface area contributed by atoms with Gasteiger partial charge in [0.05, 0.1) is 5.56 Å². The molecule has 0 saturated heterocycles. The number of amides is 1. The topological polar surface area (TPSA) is 29.1 Å². The SMILES string of the molecule is CC(C)(CCBr)NC(=O)c1ccccc1Br. The van der Waals surface area contributed by atoms with E-state index < -0.39 is 0 Å². The summed E-state index contributed by atoms with van der Waals surface area (Å²) >= 11 is 6.76. The van der Waals surface area contributed by atoms with Crippen molar-refractivity contribution in [1.82, 2.24) is 5.32 Å². The van der Waals surface area contributed by atoms with Crippen LogP contribution in [0.4, 0.5) is 0 Å². The molecule has 2 nitrogen and oxygen atoms in total. The molecule has 0 heterocycles. The van der Waals surface area contributed by atoms with Crippen LogP contribution < -0.4 is 5.32 Å². The minimum atomic E-state index is -0.199. The lowest BCUT2D eigenvalue weighted by Crippen LogP contribution is -2.43. The lowest BCUT2D eigenvalue weighted by Gasteiger charge is -2.25. The zero-order valence-corrected chi connectivity index (χ0v) is 12.6. The van der Waals surface area contributed by atoms with Gasteiger partial charge < -0.3 is 5.32 Å². The molecule has 0 unspecified atom stereocenters. The predicted molar refractivity (Wildman–Crippen MR) is 74.1 cm³/mol. The molecule has 0 radical (unpaired) electrons. The van der Waals surface area contributed by atoms with E-state index in [-0.39, 0.29) is 11.4 Å². The lowest BCUT2D eigenvalue weighted by atomic mass is 10.0. The van der Waals surface area contributed by atoms with Crippen LogP contribution in [0.15, 0.2) is 28.7 Å². The Kier molecular flexibility index (Phi) is 4.99. The Balaban J connectivity index is 2.77. The van der Waals surface area contributed by atoms with E-state index in [1.165, 1.54) is 0 Å². The maximum Gasteiger partial charge on any atom is 0.252 e. The van der Waals surface area contributed by atoms with Crippen molar-refractivity contribution in [2.45, 2.75) is 25.8 Å². The van der Waals surface area contributed by atoms with E-state index in [4.69, 9.17) is 0 Å². The van der Waals surface area contributed by atoms with Crippen LogP contribution >= 0.6 is 31.9 Å². The molecule has 0 bridgehead atoms. The van der Waals surface area contributed by atoms with Crippen molar-refractivity contribution in [2.24, 2.45) is 0 Å². The average molecular weight is 349 g/mol. The summed E-state index contributed by atoms with van der Waals surface area (Å²) in [4.78, 5) is 12.0. The van der Waals surface area contributed by atoms with Crippen molar-refractivity contribution in [2.75, 3.05) is 5.33 Å². The molecule has 1 amide bonds. The van der Waals surface area contributed by atoms with E-state index in [1.807, 2.05) is 38.1 Å². The Morgan fingerprint density at radius 1 is 1.38 bits per heavy atom. The van der Waals surface area contributed by atoms with Crippen LogP contribution in [0.1, 0.15) is 30.6 Å². The summed E-state index contributed by atoms with van der Waals surface area (Å²) in [7, 11) is 0. The van der Waals surface area contributed by atoms with Gasteiger partial charge in [0.2, 0.25) is 0 Å². The van der Waals surface area contributed by atoms with E-state index >= 15 is 0 Å². The van der Waals surface area contributed by atoms with Crippen LogP contribution in [0.2, 0.25) is 0 Å². The molecule has 0 spiro atoms. The number of rotatable bonds is 4. The van der Waals surface area contributed by atoms with Crippen molar-refractivity contribution in [3.8, 4) is 0 Å². The normalized spacial score (nSPS) is 11.2. The van der Waals surface area contributed by atoms with Crippen LogP contribution in [-0.4, -0.2) is 16.8 Å². The van der Waals surface area contributed by atoms with Gasteiger partial charge in [0.25, 0.3) is 5.91 Å². The van der Waals surface area contributed by atoms with E-state index in [2.05, 4.69) is 37.2 Å². The minimum Gasteiger partial charge on any atom is -0.347 e. The van der Waals surface area contributed by atoms with Crippen LogP contribution in [0.25, 0.3) is 0 Å². The summed E-state index contributed by atoms with van der Waals surface area (Å²) in [6, 6.07) is 7.43. The Labute approximate surface area is 113 Å². The third-order valence-electron chi connectivity index (χ3n) is 2.29. The van der Waals surface area contributed by atoms with Crippen LogP contribution in [-0.2, 0) is 0 Å². The fourth-order valence-electron chi connectivity index (χ4n) is 1.32. The summed E-state index contributed by atoms with van der Waals surface area (Å²) in [5, 5.41) is 3.89. The molecular formula is C12H15Br2NO. The first kappa shape index (κ1) is 13.7. The zero-order valence-electron chi connectivity index (χ0n) is 9.39. The molecule has 0 aliphatic rings. The number of nitrogens with one attached hydrogen (secondary N) is 1. The van der Waals surface area contributed by atoms with Gasteiger partial charge in [-0.2, -0.15) is 0 Å². The maximum absolute atomic E-state index is 12.0. The Morgan fingerprint density at radius 3 is 2.56 bits per heavy atom. The Bertz CT molecular complexity index is 377. The first-order chi connectivity index (χ1) is 7.46. The number of alkyl halides is 1. The number of carbonyl (C=O) groups is 1. The molecule has 0 aliphatic carbocycles. The molecule has 1 aromatic rings. The van der Waals surface area contributed by atoms with Gasteiger partial charge in [-0.25, -0.2) is 0 Å². The highest BCUT2D eigenvalue weighted by atomic mass is 79.9. The standard InChI is InChI=1S/C12H15Br2NO/c1-12(2,7-8-13)15-11(16)9-5-3-4-6-10(9)14/h3-6H,7-8H2,1-2H3,(H,15,16). The summed E-state index contributed by atoms with van der Waals surface area (Å²) in [5.74, 6) is -0.0431. The largest absolute Gasteiger partial charge is 0.347 e. The second-order valence-corrected chi connectivity index (χ2v) is 5.90. The van der Waals surface area contributed by atoms with Crippen molar-refractivity contribution in [1.29, 1.82) is 0 Å². The average Bonchev–Trinajstić information content (AvgIpc) is 2.17. The first-order valence-corrected chi connectivity index (χ1v) is 7.01. The number of halogens is 2. The third kappa shape index (κ3) is 3.91. The molecule has 1 rings (SSSR count).